The lowest BCUT2D eigenvalue weighted by molar-refractivity contribution is -0.134. The van der Waals surface area contributed by atoms with E-state index in [4.69, 9.17) is 5.73 Å². The fourth-order valence-corrected chi connectivity index (χ4v) is 6.26. The highest BCUT2D eigenvalue weighted by molar-refractivity contribution is 6.00. The van der Waals surface area contributed by atoms with Crippen LogP contribution in [0.5, 0.6) is 0 Å². The van der Waals surface area contributed by atoms with Crippen molar-refractivity contribution < 1.29 is 9.59 Å². The lowest BCUT2D eigenvalue weighted by Crippen LogP contribution is -2.59. The van der Waals surface area contributed by atoms with Gasteiger partial charge in [0, 0.05) is 69.7 Å². The summed E-state index contributed by atoms with van der Waals surface area (Å²) in [5.41, 5.74) is 10.2. The molecule has 0 aliphatic carbocycles. The number of piperidine rings is 1. The molecule has 2 aromatic rings. The molecule has 0 aromatic heterocycles. The summed E-state index contributed by atoms with van der Waals surface area (Å²) in [7, 11) is 0. The number of hydrogen-bond donors (Lipinski definition) is 2. The number of imide groups is 1. The molecule has 4 saturated heterocycles. The van der Waals surface area contributed by atoms with Crippen LogP contribution in [0.3, 0.4) is 0 Å². The number of carbonyl (C=O) groups is 2. The molecule has 3 unspecified atom stereocenters. The lowest BCUT2D eigenvalue weighted by atomic mass is 9.90. The summed E-state index contributed by atoms with van der Waals surface area (Å²) in [6, 6.07) is 17.3. The Morgan fingerprint density at radius 3 is 2.18 bits per heavy atom. The Kier molecular flexibility index (Phi) is 5.54. The van der Waals surface area contributed by atoms with Crippen LogP contribution in [0.1, 0.15) is 29.9 Å². The van der Waals surface area contributed by atoms with Crippen LogP contribution in [0.25, 0.3) is 0 Å². The number of fused-ring (bicyclic) bond motifs is 1. The Balaban J connectivity index is 0.979. The Morgan fingerprint density at radius 1 is 0.853 bits per heavy atom. The average molecular weight is 460 g/mol. The second-order valence-corrected chi connectivity index (χ2v) is 10.6. The van der Waals surface area contributed by atoms with Crippen LogP contribution in [0.4, 0.5) is 11.4 Å². The van der Waals surface area contributed by atoms with Gasteiger partial charge in [-0.25, -0.2) is 0 Å². The van der Waals surface area contributed by atoms with Crippen LogP contribution in [0.2, 0.25) is 0 Å². The molecule has 4 heterocycles. The molecule has 0 saturated carbocycles. The van der Waals surface area contributed by atoms with Gasteiger partial charge in [-0.2, -0.15) is 0 Å². The van der Waals surface area contributed by atoms with E-state index in [9.17, 15) is 9.59 Å². The van der Waals surface area contributed by atoms with Gasteiger partial charge in [-0.1, -0.05) is 24.3 Å². The van der Waals surface area contributed by atoms with Gasteiger partial charge in [-0.15, -0.1) is 0 Å². The zero-order valence-corrected chi connectivity index (χ0v) is 19.5. The summed E-state index contributed by atoms with van der Waals surface area (Å²) < 4.78 is 0. The Bertz CT molecular complexity index is 1050. The maximum atomic E-state index is 12.1. The molecule has 0 spiro atoms. The van der Waals surface area contributed by atoms with Crippen molar-refractivity contribution >= 4 is 23.2 Å². The van der Waals surface area contributed by atoms with E-state index in [1.807, 2.05) is 12.1 Å². The van der Waals surface area contributed by atoms with Gasteiger partial charge in [0.05, 0.1) is 5.92 Å². The van der Waals surface area contributed by atoms with Gasteiger partial charge in [0.25, 0.3) is 0 Å². The summed E-state index contributed by atoms with van der Waals surface area (Å²) >= 11 is 0. The maximum Gasteiger partial charge on any atom is 0.234 e. The van der Waals surface area contributed by atoms with Gasteiger partial charge in [0.1, 0.15) is 0 Å². The Labute approximate surface area is 200 Å². The third kappa shape index (κ3) is 4.18. The molecule has 3 atom stereocenters. The van der Waals surface area contributed by atoms with E-state index in [0.29, 0.717) is 18.9 Å². The Hall–Kier alpha value is -2.90. The van der Waals surface area contributed by atoms with Crippen molar-refractivity contribution in [3.8, 4) is 0 Å². The van der Waals surface area contributed by atoms with Crippen LogP contribution in [0.15, 0.2) is 48.5 Å². The third-order valence-electron chi connectivity index (χ3n) is 8.25. The Morgan fingerprint density at radius 2 is 1.53 bits per heavy atom. The molecule has 4 aliphatic rings. The largest absolute Gasteiger partial charge is 0.399 e. The van der Waals surface area contributed by atoms with Gasteiger partial charge in [-0.05, 0) is 53.6 Å². The van der Waals surface area contributed by atoms with Gasteiger partial charge in [0.15, 0.2) is 0 Å². The summed E-state index contributed by atoms with van der Waals surface area (Å²) in [5, 5.41) is 2.46. The normalized spacial score (nSPS) is 28.1. The van der Waals surface area contributed by atoms with E-state index in [-0.39, 0.29) is 17.7 Å². The molecule has 34 heavy (non-hydrogen) atoms. The van der Waals surface area contributed by atoms with E-state index >= 15 is 0 Å². The number of nitrogens with two attached hydrogens (primary N) is 1. The highest BCUT2D eigenvalue weighted by atomic mass is 16.2. The van der Waals surface area contributed by atoms with Crippen LogP contribution >= 0.6 is 0 Å². The average Bonchev–Trinajstić information content (AvgIpc) is 3.34. The first kappa shape index (κ1) is 21.6. The number of rotatable bonds is 5. The molecule has 2 amide bonds. The number of nitrogens with zero attached hydrogens (tertiary/aromatic N) is 3. The molecule has 7 nitrogen and oxygen atoms in total. The second kappa shape index (κ2) is 8.71. The highest BCUT2D eigenvalue weighted by Gasteiger charge is 2.44. The molecule has 178 valence electrons. The predicted molar refractivity (Wildman–Crippen MR) is 132 cm³/mol. The van der Waals surface area contributed by atoms with Crippen molar-refractivity contribution in [3.63, 3.8) is 0 Å². The van der Waals surface area contributed by atoms with Crippen molar-refractivity contribution in [2.45, 2.75) is 31.3 Å². The number of carbonyl (C=O) groups excluding carboxylic acids is 2. The summed E-state index contributed by atoms with van der Waals surface area (Å²) in [4.78, 5) is 31.3. The number of amides is 2. The van der Waals surface area contributed by atoms with Crippen molar-refractivity contribution in [1.29, 1.82) is 0 Å². The molecular formula is C27H33N5O2. The van der Waals surface area contributed by atoms with E-state index in [0.717, 1.165) is 42.7 Å². The molecule has 6 rings (SSSR count). The summed E-state index contributed by atoms with van der Waals surface area (Å²) in [6.45, 7) is 8.01. The van der Waals surface area contributed by atoms with Gasteiger partial charge in [-0.3, -0.25) is 24.7 Å². The number of anilines is 2. The van der Waals surface area contributed by atoms with E-state index in [1.165, 1.54) is 37.4 Å². The molecule has 0 bridgehead atoms. The van der Waals surface area contributed by atoms with Crippen LogP contribution in [-0.2, 0) is 16.1 Å². The number of benzene rings is 2. The molecule has 3 N–H and O–H groups in total. The van der Waals surface area contributed by atoms with Gasteiger partial charge < -0.3 is 10.6 Å². The van der Waals surface area contributed by atoms with Crippen molar-refractivity contribution in [2.75, 3.05) is 49.9 Å². The van der Waals surface area contributed by atoms with Crippen molar-refractivity contribution in [3.05, 3.63) is 59.7 Å². The number of likely N-dealkylation sites (tertiary alicyclic amines) is 2. The first-order valence-electron chi connectivity index (χ1n) is 12.5. The minimum absolute atomic E-state index is 0.162. The monoisotopic (exact) mass is 459 g/mol. The molecule has 0 radical (unpaired) electrons. The van der Waals surface area contributed by atoms with Crippen molar-refractivity contribution in [2.24, 2.45) is 11.8 Å². The molecule has 4 aliphatic heterocycles. The van der Waals surface area contributed by atoms with Crippen LogP contribution in [0, 0.1) is 11.8 Å². The van der Waals surface area contributed by atoms with Crippen molar-refractivity contribution in [1.82, 2.24) is 15.1 Å². The van der Waals surface area contributed by atoms with Gasteiger partial charge >= 0.3 is 0 Å². The summed E-state index contributed by atoms with van der Waals surface area (Å²) in [5.74, 6) is 1.04. The summed E-state index contributed by atoms with van der Waals surface area (Å²) in [6.07, 6.45) is 1.02. The standard InChI is InChI=1S/C27H33N5O2/c28-22-5-1-18(2-6-22)11-30-12-20-14-31(15-21(20)13-30)24-16-32(17-24)23-7-3-19(4-8-23)25-9-10-26(33)29-27(25)34/h1-8,20-21,24-25H,9-17,28H2,(H,29,33,34). The molecular weight excluding hydrogens is 426 g/mol. The topological polar surface area (TPSA) is 81.9 Å². The van der Waals surface area contributed by atoms with Crippen LogP contribution in [-0.4, -0.2) is 66.9 Å². The smallest absolute Gasteiger partial charge is 0.234 e. The van der Waals surface area contributed by atoms with E-state index in [2.05, 4.69) is 56.4 Å². The second-order valence-electron chi connectivity index (χ2n) is 10.6. The number of hydrogen-bond acceptors (Lipinski definition) is 6. The molecule has 4 fully saturated rings. The van der Waals surface area contributed by atoms with Gasteiger partial charge in [0.2, 0.25) is 11.8 Å². The quantitative estimate of drug-likeness (QED) is 0.526. The minimum atomic E-state index is -0.209. The zero-order chi connectivity index (χ0) is 23.2. The number of nitrogen functional groups attached to an aromatic ring is 1. The first-order chi connectivity index (χ1) is 16.5. The molecule has 2 aromatic carbocycles. The zero-order valence-electron chi connectivity index (χ0n) is 19.5. The fourth-order valence-electron chi connectivity index (χ4n) is 6.26. The predicted octanol–water partition coefficient (Wildman–Crippen LogP) is 2.04. The lowest BCUT2D eigenvalue weighted by Gasteiger charge is -2.46. The highest BCUT2D eigenvalue weighted by Crippen LogP contribution is 2.36. The van der Waals surface area contributed by atoms with E-state index in [1.54, 1.807) is 0 Å². The first-order valence-corrected chi connectivity index (χ1v) is 12.5. The fraction of sp³-hybridized carbons (Fsp3) is 0.481. The third-order valence-corrected chi connectivity index (χ3v) is 8.25. The molecule has 7 heteroatoms. The van der Waals surface area contributed by atoms with E-state index < -0.39 is 0 Å². The SMILES string of the molecule is Nc1ccc(CN2CC3CN(C4CN(c5ccc(C6CCC(=O)NC6=O)cc5)C4)CC3C2)cc1. The maximum absolute atomic E-state index is 12.1. The van der Waals surface area contributed by atoms with Crippen LogP contribution < -0.4 is 16.0 Å². The minimum Gasteiger partial charge on any atom is -0.399 e. The number of nitrogens with one attached hydrogen (secondary N) is 1.